The maximum absolute atomic E-state index is 6.01. The summed E-state index contributed by atoms with van der Waals surface area (Å²) in [6, 6.07) is 10.2. The number of hydrogen-bond donors (Lipinski definition) is 1. The molecule has 3 rings (SSSR count). The summed E-state index contributed by atoms with van der Waals surface area (Å²) in [6.45, 7) is 6.54. The zero-order valence-electron chi connectivity index (χ0n) is 11.9. The molecule has 4 nitrogen and oxygen atoms in total. The van der Waals surface area contributed by atoms with Gasteiger partial charge >= 0.3 is 0 Å². The first-order valence-corrected chi connectivity index (χ1v) is 6.98. The van der Waals surface area contributed by atoms with Crippen molar-refractivity contribution in [2.75, 3.05) is 6.54 Å². The van der Waals surface area contributed by atoms with E-state index < -0.39 is 0 Å². The Hall–Kier alpha value is -2.07. The number of nitrogens with one attached hydrogen (secondary N) is 1. The normalized spacial score (nSPS) is 11.3. The largest absolute Gasteiger partial charge is 0.459 e. The van der Waals surface area contributed by atoms with Crippen molar-refractivity contribution in [2.45, 2.75) is 26.9 Å². The van der Waals surface area contributed by atoms with Crippen LogP contribution < -0.4 is 5.32 Å². The summed E-state index contributed by atoms with van der Waals surface area (Å²) in [5.74, 6) is 0.982. The van der Waals surface area contributed by atoms with Crippen LogP contribution in [-0.2, 0) is 13.1 Å². The quantitative estimate of drug-likeness (QED) is 0.774. The van der Waals surface area contributed by atoms with Gasteiger partial charge in [0.2, 0.25) is 0 Å². The van der Waals surface area contributed by atoms with Crippen molar-refractivity contribution < 1.29 is 4.42 Å². The molecule has 1 aromatic carbocycles. The summed E-state index contributed by atoms with van der Waals surface area (Å²) in [6.07, 6.45) is 1.99. The minimum Gasteiger partial charge on any atom is -0.459 e. The molecule has 3 aromatic rings. The molecular formula is C16H19N3O. The van der Waals surface area contributed by atoms with E-state index >= 15 is 0 Å². The van der Waals surface area contributed by atoms with Gasteiger partial charge in [0.15, 0.2) is 0 Å². The molecule has 0 radical (unpaired) electrons. The Morgan fingerprint density at radius 1 is 1.25 bits per heavy atom. The lowest BCUT2D eigenvalue weighted by Crippen LogP contribution is -2.13. The maximum Gasteiger partial charge on any atom is 0.134 e. The van der Waals surface area contributed by atoms with Crippen LogP contribution in [0.5, 0.6) is 0 Å². The van der Waals surface area contributed by atoms with E-state index in [1.54, 1.807) is 0 Å². The van der Waals surface area contributed by atoms with Crippen molar-refractivity contribution >= 4 is 11.0 Å². The Morgan fingerprint density at radius 2 is 2.10 bits per heavy atom. The predicted octanol–water partition coefficient (Wildman–Crippen LogP) is 3.10. The lowest BCUT2D eigenvalue weighted by molar-refractivity contribution is 0.499. The van der Waals surface area contributed by atoms with Gasteiger partial charge in [-0.15, -0.1) is 0 Å². The van der Waals surface area contributed by atoms with Gasteiger partial charge in [0.05, 0.1) is 12.2 Å². The zero-order valence-corrected chi connectivity index (χ0v) is 11.9. The second kappa shape index (κ2) is 5.51. The van der Waals surface area contributed by atoms with E-state index in [1.165, 1.54) is 10.9 Å². The maximum atomic E-state index is 6.01. The van der Waals surface area contributed by atoms with Gasteiger partial charge in [0.25, 0.3) is 0 Å². The van der Waals surface area contributed by atoms with Crippen LogP contribution in [0.1, 0.15) is 23.9 Å². The number of nitrogens with zero attached hydrogens (tertiary/aromatic N) is 2. The summed E-state index contributed by atoms with van der Waals surface area (Å²) in [7, 11) is 0. The number of hydrogen-bond acceptors (Lipinski definition) is 3. The van der Waals surface area contributed by atoms with Gasteiger partial charge < -0.3 is 9.73 Å². The number of benzene rings is 1. The molecule has 1 N–H and O–H groups in total. The van der Waals surface area contributed by atoms with Crippen molar-refractivity contribution in [1.82, 2.24) is 15.1 Å². The second-order valence-electron chi connectivity index (χ2n) is 4.93. The second-order valence-corrected chi connectivity index (χ2v) is 4.93. The van der Waals surface area contributed by atoms with Gasteiger partial charge in [-0.05, 0) is 25.6 Å². The average Bonchev–Trinajstić information content (AvgIpc) is 3.00. The Balaban J connectivity index is 1.99. The van der Waals surface area contributed by atoms with Crippen molar-refractivity contribution in [3.63, 3.8) is 0 Å². The highest BCUT2D eigenvalue weighted by Gasteiger charge is 2.14. The molecule has 4 heteroatoms. The molecule has 0 saturated heterocycles. The van der Waals surface area contributed by atoms with Crippen molar-refractivity contribution in [1.29, 1.82) is 0 Å². The molecule has 0 bridgehead atoms. The molecule has 0 spiro atoms. The van der Waals surface area contributed by atoms with E-state index in [-0.39, 0.29) is 0 Å². The lowest BCUT2D eigenvalue weighted by atomic mass is 10.1. The number of rotatable bonds is 5. The number of furan rings is 1. The summed E-state index contributed by atoms with van der Waals surface area (Å²) in [4.78, 5) is 0. The third kappa shape index (κ3) is 2.47. The fourth-order valence-electron chi connectivity index (χ4n) is 2.42. The van der Waals surface area contributed by atoms with E-state index in [0.29, 0.717) is 6.54 Å². The minimum absolute atomic E-state index is 0.670. The average molecular weight is 269 g/mol. The Bertz CT molecular complexity index is 711. The van der Waals surface area contributed by atoms with Crippen LogP contribution in [0, 0.1) is 6.92 Å². The van der Waals surface area contributed by atoms with E-state index in [1.807, 2.05) is 36.0 Å². The smallest absolute Gasteiger partial charge is 0.134 e. The fourth-order valence-corrected chi connectivity index (χ4v) is 2.42. The van der Waals surface area contributed by atoms with E-state index in [0.717, 1.165) is 30.1 Å². The standard InChI is InChI=1S/C16H19N3O/c1-3-17-10-14-13-6-4-5-7-15(13)20-16(14)11-19-9-8-12(2)18-19/h4-9,17H,3,10-11H2,1-2H3. The molecule has 2 heterocycles. The first kappa shape index (κ1) is 12.9. The molecule has 0 aliphatic heterocycles. The van der Waals surface area contributed by atoms with Gasteiger partial charge in [-0.1, -0.05) is 25.1 Å². The Morgan fingerprint density at radius 3 is 2.85 bits per heavy atom. The zero-order chi connectivity index (χ0) is 13.9. The van der Waals surface area contributed by atoms with Crippen molar-refractivity contribution in [3.8, 4) is 0 Å². The highest BCUT2D eigenvalue weighted by molar-refractivity contribution is 5.82. The molecule has 0 aliphatic rings. The molecule has 2 aromatic heterocycles. The molecular weight excluding hydrogens is 250 g/mol. The van der Waals surface area contributed by atoms with Crippen LogP contribution in [0.25, 0.3) is 11.0 Å². The van der Waals surface area contributed by atoms with Crippen LogP contribution >= 0.6 is 0 Å². The monoisotopic (exact) mass is 269 g/mol. The lowest BCUT2D eigenvalue weighted by Gasteiger charge is -2.04. The van der Waals surface area contributed by atoms with Crippen LogP contribution in [0.3, 0.4) is 0 Å². The summed E-state index contributed by atoms with van der Waals surface area (Å²) in [5.41, 5.74) is 3.20. The number of fused-ring (bicyclic) bond motifs is 1. The fraction of sp³-hybridized carbons (Fsp3) is 0.312. The van der Waals surface area contributed by atoms with Crippen molar-refractivity contribution in [2.24, 2.45) is 0 Å². The summed E-state index contributed by atoms with van der Waals surface area (Å²) >= 11 is 0. The van der Waals surface area contributed by atoms with E-state index in [9.17, 15) is 0 Å². The molecule has 104 valence electrons. The molecule has 0 saturated carbocycles. The Kier molecular flexibility index (Phi) is 3.56. The third-order valence-electron chi connectivity index (χ3n) is 3.41. The molecule has 0 atom stereocenters. The first-order valence-electron chi connectivity index (χ1n) is 6.98. The number of para-hydroxylation sites is 1. The number of aryl methyl sites for hydroxylation is 1. The summed E-state index contributed by atoms with van der Waals surface area (Å²) in [5, 5.41) is 9.01. The molecule has 0 aliphatic carbocycles. The SMILES string of the molecule is CCNCc1c(Cn2ccc(C)n2)oc2ccccc12. The van der Waals surface area contributed by atoms with Gasteiger partial charge in [-0.25, -0.2) is 0 Å². The molecule has 0 fully saturated rings. The predicted molar refractivity (Wildman–Crippen MR) is 79.7 cm³/mol. The summed E-state index contributed by atoms with van der Waals surface area (Å²) < 4.78 is 7.93. The van der Waals surface area contributed by atoms with E-state index in [4.69, 9.17) is 4.42 Å². The number of aromatic nitrogens is 2. The van der Waals surface area contributed by atoms with Crippen LogP contribution in [0.4, 0.5) is 0 Å². The van der Waals surface area contributed by atoms with Crippen molar-refractivity contribution in [3.05, 3.63) is 53.5 Å². The molecule has 0 unspecified atom stereocenters. The van der Waals surface area contributed by atoms with E-state index in [2.05, 4.69) is 29.5 Å². The van der Waals surface area contributed by atoms with Gasteiger partial charge in [-0.3, -0.25) is 4.68 Å². The highest BCUT2D eigenvalue weighted by atomic mass is 16.3. The molecule has 0 amide bonds. The topological polar surface area (TPSA) is 43.0 Å². The van der Waals surface area contributed by atoms with Crippen LogP contribution in [0.2, 0.25) is 0 Å². The minimum atomic E-state index is 0.670. The highest BCUT2D eigenvalue weighted by Crippen LogP contribution is 2.26. The van der Waals surface area contributed by atoms with Gasteiger partial charge in [0, 0.05) is 23.7 Å². The molecule has 20 heavy (non-hydrogen) atoms. The van der Waals surface area contributed by atoms with Crippen LogP contribution in [-0.4, -0.2) is 16.3 Å². The van der Waals surface area contributed by atoms with Crippen LogP contribution in [0.15, 0.2) is 40.9 Å². The third-order valence-corrected chi connectivity index (χ3v) is 3.41. The Labute approximate surface area is 118 Å². The van der Waals surface area contributed by atoms with Gasteiger partial charge in [-0.2, -0.15) is 5.10 Å². The van der Waals surface area contributed by atoms with Gasteiger partial charge in [0.1, 0.15) is 11.3 Å². The first-order chi connectivity index (χ1) is 9.78.